The molecule has 4 nitrogen and oxygen atoms in total. The molecule has 1 saturated heterocycles. The van der Waals surface area contributed by atoms with E-state index in [1.54, 1.807) is 15.9 Å². The van der Waals surface area contributed by atoms with Crippen LogP contribution in [0.3, 0.4) is 0 Å². The van der Waals surface area contributed by atoms with E-state index in [0.717, 1.165) is 28.9 Å². The Morgan fingerprint density at radius 2 is 2.00 bits per heavy atom. The molecule has 1 fully saturated rings. The Bertz CT molecular complexity index is 781. The Morgan fingerprint density at radius 1 is 1.33 bits per heavy atom. The number of nitrogens with one attached hydrogen (secondary N) is 1. The van der Waals surface area contributed by atoms with E-state index < -0.39 is 0 Å². The van der Waals surface area contributed by atoms with Crippen molar-refractivity contribution in [1.29, 1.82) is 0 Å². The maximum atomic E-state index is 12.8. The topological polar surface area (TPSA) is 41.0 Å². The van der Waals surface area contributed by atoms with Crippen molar-refractivity contribution >= 4 is 33.8 Å². The van der Waals surface area contributed by atoms with Gasteiger partial charge in [-0.25, -0.2) is 0 Å². The van der Waals surface area contributed by atoms with Gasteiger partial charge in [-0.15, -0.1) is 11.3 Å². The lowest BCUT2D eigenvalue weighted by molar-refractivity contribution is 0.233. The fourth-order valence-corrected chi connectivity index (χ4v) is 4.47. The van der Waals surface area contributed by atoms with Gasteiger partial charge in [0.25, 0.3) is 5.56 Å². The molecule has 0 aliphatic carbocycles. The molecule has 0 radical (unpaired) electrons. The molecule has 0 amide bonds. The van der Waals surface area contributed by atoms with Crippen molar-refractivity contribution in [2.24, 2.45) is 0 Å². The molecule has 114 valence electrons. The Hall–Kier alpha value is -0.980. The van der Waals surface area contributed by atoms with Gasteiger partial charge in [0.2, 0.25) is 0 Å². The van der Waals surface area contributed by atoms with Gasteiger partial charge in [-0.1, -0.05) is 0 Å². The van der Waals surface area contributed by atoms with E-state index in [2.05, 4.69) is 16.8 Å². The summed E-state index contributed by atoms with van der Waals surface area (Å²) in [5, 5.41) is 0.805. The van der Waals surface area contributed by atoms with Crippen molar-refractivity contribution in [3.8, 4) is 0 Å². The normalized spacial score (nSPS) is 17.7. The van der Waals surface area contributed by atoms with E-state index in [4.69, 9.17) is 12.2 Å². The summed E-state index contributed by atoms with van der Waals surface area (Å²) in [6, 6.07) is 0.345. The average molecular weight is 323 g/mol. The van der Waals surface area contributed by atoms with Gasteiger partial charge in [0.1, 0.15) is 4.83 Å². The summed E-state index contributed by atoms with van der Waals surface area (Å²) in [7, 11) is 0. The summed E-state index contributed by atoms with van der Waals surface area (Å²) in [6.45, 7) is 9.17. The zero-order valence-electron chi connectivity index (χ0n) is 12.7. The highest BCUT2D eigenvalue weighted by Gasteiger charge is 2.20. The second kappa shape index (κ2) is 5.66. The summed E-state index contributed by atoms with van der Waals surface area (Å²) in [4.78, 5) is 20.6. The fraction of sp³-hybridized carbons (Fsp3) is 0.600. The number of thiophene rings is 1. The summed E-state index contributed by atoms with van der Waals surface area (Å²) in [5.74, 6) is 0. The smallest absolute Gasteiger partial charge is 0.263 e. The monoisotopic (exact) mass is 323 g/mol. The Morgan fingerprint density at radius 3 is 2.67 bits per heavy atom. The predicted octanol–water partition coefficient (Wildman–Crippen LogP) is 3.22. The first-order valence-corrected chi connectivity index (χ1v) is 8.68. The first kappa shape index (κ1) is 14.9. The second-order valence-electron chi connectivity index (χ2n) is 5.93. The van der Waals surface area contributed by atoms with Crippen LogP contribution in [-0.2, 0) is 6.54 Å². The largest absolute Gasteiger partial charge is 0.323 e. The lowest BCUT2D eigenvalue weighted by Crippen LogP contribution is -2.37. The molecule has 0 spiro atoms. The van der Waals surface area contributed by atoms with Crippen molar-refractivity contribution in [1.82, 2.24) is 14.5 Å². The SMILES string of the molecule is Cc1sc2[nH]c(=S)n(CC(C)N3CCCC3)c(=O)c2c1C. The number of aryl methyl sites for hydroxylation is 2. The van der Waals surface area contributed by atoms with E-state index >= 15 is 0 Å². The minimum atomic E-state index is 0.0571. The fourth-order valence-electron chi connectivity index (χ4n) is 3.09. The van der Waals surface area contributed by atoms with Crippen LogP contribution >= 0.6 is 23.6 Å². The maximum absolute atomic E-state index is 12.8. The van der Waals surface area contributed by atoms with Crippen LogP contribution in [0.5, 0.6) is 0 Å². The van der Waals surface area contributed by atoms with Gasteiger partial charge in [0, 0.05) is 17.5 Å². The van der Waals surface area contributed by atoms with Crippen LogP contribution < -0.4 is 5.56 Å². The van der Waals surface area contributed by atoms with E-state index in [1.165, 1.54) is 17.7 Å². The number of H-pyrrole nitrogens is 1. The van der Waals surface area contributed by atoms with Crippen molar-refractivity contribution in [3.63, 3.8) is 0 Å². The summed E-state index contributed by atoms with van der Waals surface area (Å²) >= 11 is 7.02. The van der Waals surface area contributed by atoms with Gasteiger partial charge < -0.3 is 4.98 Å². The molecular weight excluding hydrogens is 302 g/mol. The minimum absolute atomic E-state index is 0.0571. The standard InChI is InChI=1S/C15H21N3OS2/c1-9(17-6-4-5-7-17)8-18-14(19)12-10(2)11(3)21-13(12)16-15(18)20/h9H,4-8H2,1-3H3,(H,16,20). The number of hydrogen-bond acceptors (Lipinski definition) is 4. The van der Waals surface area contributed by atoms with E-state index in [9.17, 15) is 4.79 Å². The van der Waals surface area contributed by atoms with Gasteiger partial charge in [0.05, 0.1) is 5.39 Å². The van der Waals surface area contributed by atoms with Crippen molar-refractivity contribution in [2.75, 3.05) is 13.1 Å². The first-order chi connectivity index (χ1) is 9.99. The number of likely N-dealkylation sites (tertiary alicyclic amines) is 1. The van der Waals surface area contributed by atoms with Crippen LogP contribution in [0.1, 0.15) is 30.2 Å². The number of fused-ring (bicyclic) bond motifs is 1. The van der Waals surface area contributed by atoms with Gasteiger partial charge in [-0.05, 0) is 64.5 Å². The number of nitrogens with zero attached hydrogens (tertiary/aromatic N) is 2. The van der Waals surface area contributed by atoms with Crippen molar-refractivity contribution in [2.45, 2.75) is 46.2 Å². The third-order valence-electron chi connectivity index (χ3n) is 4.52. The zero-order valence-corrected chi connectivity index (χ0v) is 14.4. The molecule has 3 heterocycles. The summed E-state index contributed by atoms with van der Waals surface area (Å²) < 4.78 is 2.28. The lowest BCUT2D eigenvalue weighted by Gasteiger charge is -2.24. The molecule has 1 aliphatic heterocycles. The summed E-state index contributed by atoms with van der Waals surface area (Å²) in [6.07, 6.45) is 2.52. The molecule has 1 unspecified atom stereocenters. The molecule has 1 N–H and O–H groups in total. The van der Waals surface area contributed by atoms with Crippen molar-refractivity contribution in [3.05, 3.63) is 25.6 Å². The minimum Gasteiger partial charge on any atom is -0.323 e. The maximum Gasteiger partial charge on any atom is 0.263 e. The molecule has 21 heavy (non-hydrogen) atoms. The molecule has 0 aromatic carbocycles. The third kappa shape index (κ3) is 2.60. The zero-order chi connectivity index (χ0) is 15.1. The average Bonchev–Trinajstić information content (AvgIpc) is 3.04. The first-order valence-electron chi connectivity index (χ1n) is 7.46. The van der Waals surface area contributed by atoms with Crippen LogP contribution in [0.15, 0.2) is 4.79 Å². The summed E-state index contributed by atoms with van der Waals surface area (Å²) in [5.41, 5.74) is 1.13. The van der Waals surface area contributed by atoms with Crippen molar-refractivity contribution < 1.29 is 0 Å². The van der Waals surface area contributed by atoms with E-state index in [1.807, 2.05) is 13.8 Å². The molecule has 1 atom stereocenters. The van der Waals surface area contributed by atoms with Crippen LogP contribution in [0, 0.1) is 18.6 Å². The Labute approximate surface area is 133 Å². The molecule has 2 aromatic heterocycles. The highest BCUT2D eigenvalue weighted by molar-refractivity contribution is 7.71. The highest BCUT2D eigenvalue weighted by Crippen LogP contribution is 2.25. The molecule has 2 aromatic rings. The van der Waals surface area contributed by atoms with Gasteiger partial charge in [-0.3, -0.25) is 14.3 Å². The number of aromatic nitrogens is 2. The number of aromatic amines is 1. The molecule has 3 rings (SSSR count). The van der Waals surface area contributed by atoms with E-state index in [0.29, 0.717) is 17.4 Å². The lowest BCUT2D eigenvalue weighted by atomic mass is 10.2. The van der Waals surface area contributed by atoms with Gasteiger partial charge in [0.15, 0.2) is 4.77 Å². The number of rotatable bonds is 3. The van der Waals surface area contributed by atoms with Crippen LogP contribution in [0.25, 0.3) is 10.2 Å². The molecule has 0 saturated carbocycles. The Kier molecular flexibility index (Phi) is 4.03. The molecule has 0 bridgehead atoms. The molecule has 6 heteroatoms. The number of hydrogen-bond donors (Lipinski definition) is 1. The van der Waals surface area contributed by atoms with Gasteiger partial charge in [-0.2, -0.15) is 0 Å². The third-order valence-corrected chi connectivity index (χ3v) is 5.97. The molecular formula is C15H21N3OS2. The predicted molar refractivity (Wildman–Crippen MR) is 91.0 cm³/mol. The highest BCUT2D eigenvalue weighted by atomic mass is 32.1. The van der Waals surface area contributed by atoms with E-state index in [-0.39, 0.29) is 5.56 Å². The second-order valence-corrected chi connectivity index (χ2v) is 7.54. The van der Waals surface area contributed by atoms with Crippen LogP contribution in [0.2, 0.25) is 0 Å². The van der Waals surface area contributed by atoms with Crippen LogP contribution in [0.4, 0.5) is 0 Å². The quantitative estimate of drug-likeness (QED) is 0.882. The van der Waals surface area contributed by atoms with Crippen LogP contribution in [-0.4, -0.2) is 33.6 Å². The Balaban J connectivity index is 2.04. The van der Waals surface area contributed by atoms with Gasteiger partial charge >= 0.3 is 0 Å². The molecule has 1 aliphatic rings.